The number of likely N-dealkylation sites (N-methyl/N-ethyl adjacent to an activating group) is 1. The number of hydrogen-bond acceptors (Lipinski definition) is 4. The van der Waals surface area contributed by atoms with Gasteiger partial charge in [0.1, 0.15) is 0 Å². The molecule has 0 atom stereocenters. The van der Waals surface area contributed by atoms with E-state index in [1.165, 1.54) is 4.88 Å². The molecule has 0 spiro atoms. The van der Waals surface area contributed by atoms with E-state index in [0.29, 0.717) is 19.1 Å². The summed E-state index contributed by atoms with van der Waals surface area (Å²) in [4.78, 5) is 15.2. The number of rotatable bonds is 5. The normalized spacial score (nSPS) is 17.0. The summed E-state index contributed by atoms with van der Waals surface area (Å²) in [7, 11) is 2.04. The van der Waals surface area contributed by atoms with E-state index in [4.69, 9.17) is 0 Å². The molecule has 2 N–H and O–H groups in total. The van der Waals surface area contributed by atoms with Gasteiger partial charge in [0.2, 0.25) is 5.91 Å². The van der Waals surface area contributed by atoms with Crippen LogP contribution in [0.5, 0.6) is 0 Å². The molecule has 0 aromatic carbocycles. The van der Waals surface area contributed by atoms with Gasteiger partial charge in [-0.1, -0.05) is 6.07 Å². The summed E-state index contributed by atoms with van der Waals surface area (Å²) in [5.41, 5.74) is 0. The lowest BCUT2D eigenvalue weighted by molar-refractivity contribution is -0.122. The number of piperidine rings is 1. The highest BCUT2D eigenvalue weighted by atomic mass is 32.1. The van der Waals surface area contributed by atoms with Crippen LogP contribution in [0.25, 0.3) is 0 Å². The summed E-state index contributed by atoms with van der Waals surface area (Å²) in [6, 6.07) is 4.59. The summed E-state index contributed by atoms with van der Waals surface area (Å²) < 4.78 is 0. The molecular formula is C13H21N3OS. The van der Waals surface area contributed by atoms with E-state index < -0.39 is 0 Å². The Morgan fingerprint density at radius 3 is 3.00 bits per heavy atom. The van der Waals surface area contributed by atoms with Crippen LogP contribution in [0.1, 0.15) is 17.7 Å². The van der Waals surface area contributed by atoms with Crippen LogP contribution in [-0.4, -0.2) is 43.5 Å². The van der Waals surface area contributed by atoms with Crippen LogP contribution in [0.15, 0.2) is 17.5 Å². The van der Waals surface area contributed by atoms with Crippen molar-refractivity contribution in [3.63, 3.8) is 0 Å². The molecule has 1 aliphatic rings. The fourth-order valence-corrected chi connectivity index (χ4v) is 2.90. The van der Waals surface area contributed by atoms with Gasteiger partial charge in [-0.25, -0.2) is 0 Å². The van der Waals surface area contributed by atoms with Crippen LogP contribution < -0.4 is 10.6 Å². The molecule has 5 heteroatoms. The Balaban J connectivity index is 1.69. The number of thiophene rings is 1. The van der Waals surface area contributed by atoms with Crippen molar-refractivity contribution in [3.8, 4) is 0 Å². The van der Waals surface area contributed by atoms with E-state index >= 15 is 0 Å². The van der Waals surface area contributed by atoms with Gasteiger partial charge < -0.3 is 10.6 Å². The molecule has 18 heavy (non-hydrogen) atoms. The molecule has 1 amide bonds. The van der Waals surface area contributed by atoms with Crippen LogP contribution in [0.3, 0.4) is 0 Å². The minimum absolute atomic E-state index is 0.115. The van der Waals surface area contributed by atoms with Gasteiger partial charge in [0.15, 0.2) is 0 Å². The third-order valence-electron chi connectivity index (χ3n) is 3.36. The van der Waals surface area contributed by atoms with Crippen molar-refractivity contribution >= 4 is 17.2 Å². The third kappa shape index (κ3) is 4.08. The van der Waals surface area contributed by atoms with E-state index in [9.17, 15) is 4.79 Å². The number of nitrogens with one attached hydrogen (secondary N) is 2. The third-order valence-corrected chi connectivity index (χ3v) is 4.24. The smallest absolute Gasteiger partial charge is 0.234 e. The maximum atomic E-state index is 11.8. The van der Waals surface area contributed by atoms with Gasteiger partial charge in [-0.15, -0.1) is 11.3 Å². The average molecular weight is 267 g/mol. The van der Waals surface area contributed by atoms with E-state index in [2.05, 4.69) is 15.5 Å². The van der Waals surface area contributed by atoms with Gasteiger partial charge >= 0.3 is 0 Å². The molecule has 2 heterocycles. The van der Waals surface area contributed by atoms with Crippen molar-refractivity contribution in [2.24, 2.45) is 0 Å². The molecule has 0 unspecified atom stereocenters. The van der Waals surface area contributed by atoms with E-state index in [0.717, 1.165) is 25.9 Å². The van der Waals surface area contributed by atoms with Gasteiger partial charge in [0.05, 0.1) is 13.1 Å². The number of amides is 1. The molecule has 100 valence electrons. The van der Waals surface area contributed by atoms with Crippen LogP contribution in [0.2, 0.25) is 0 Å². The van der Waals surface area contributed by atoms with E-state index in [-0.39, 0.29) is 5.91 Å². The van der Waals surface area contributed by atoms with Crippen LogP contribution in [0.4, 0.5) is 0 Å². The molecule has 1 fully saturated rings. The lowest BCUT2D eigenvalue weighted by Crippen LogP contribution is -2.45. The Bertz CT molecular complexity index is 360. The first-order valence-electron chi connectivity index (χ1n) is 6.46. The summed E-state index contributed by atoms with van der Waals surface area (Å²) in [5.74, 6) is 0.115. The number of carbonyl (C=O) groups is 1. The second kappa shape index (κ2) is 6.87. The number of carbonyl (C=O) groups excluding carboxylic acids is 1. The highest BCUT2D eigenvalue weighted by Crippen LogP contribution is 2.10. The lowest BCUT2D eigenvalue weighted by Gasteiger charge is -2.31. The SMILES string of the molecule is CN(CC(=O)NCc1cccs1)C1CCNCC1. The Morgan fingerprint density at radius 1 is 1.56 bits per heavy atom. The van der Waals surface area contributed by atoms with Gasteiger partial charge in [-0.05, 0) is 44.4 Å². The molecule has 0 radical (unpaired) electrons. The molecule has 0 saturated carbocycles. The summed E-state index contributed by atoms with van der Waals surface area (Å²) in [6.45, 7) is 3.27. The molecule has 1 aromatic heterocycles. The zero-order valence-corrected chi connectivity index (χ0v) is 11.6. The molecule has 1 aromatic rings. The first kappa shape index (κ1) is 13.5. The largest absolute Gasteiger partial charge is 0.350 e. The Hall–Kier alpha value is -0.910. The van der Waals surface area contributed by atoms with Crippen molar-refractivity contribution in [2.45, 2.75) is 25.4 Å². The van der Waals surface area contributed by atoms with Gasteiger partial charge in [-0.2, -0.15) is 0 Å². The Kier molecular flexibility index (Phi) is 5.16. The van der Waals surface area contributed by atoms with Crippen LogP contribution in [0, 0.1) is 0 Å². The second-order valence-electron chi connectivity index (χ2n) is 4.75. The predicted octanol–water partition coefficient (Wildman–Crippen LogP) is 1.05. The van der Waals surface area contributed by atoms with Gasteiger partial charge in [-0.3, -0.25) is 9.69 Å². The summed E-state index contributed by atoms with van der Waals surface area (Å²) in [5, 5.41) is 8.34. The molecule has 2 rings (SSSR count). The van der Waals surface area contributed by atoms with Crippen molar-refractivity contribution in [1.29, 1.82) is 0 Å². The summed E-state index contributed by atoms with van der Waals surface area (Å²) in [6.07, 6.45) is 2.27. The van der Waals surface area contributed by atoms with Gasteiger partial charge in [0.25, 0.3) is 0 Å². The minimum Gasteiger partial charge on any atom is -0.350 e. The fourth-order valence-electron chi connectivity index (χ4n) is 2.26. The molecule has 4 nitrogen and oxygen atoms in total. The fraction of sp³-hybridized carbons (Fsp3) is 0.615. The van der Waals surface area contributed by atoms with Crippen molar-refractivity contribution in [2.75, 3.05) is 26.7 Å². The standard InChI is InChI=1S/C13H21N3OS/c1-16(11-4-6-14-7-5-11)10-13(17)15-9-12-3-2-8-18-12/h2-3,8,11,14H,4-7,9-10H2,1H3,(H,15,17). The Morgan fingerprint density at radius 2 is 2.33 bits per heavy atom. The van der Waals surface area contributed by atoms with Crippen molar-refractivity contribution < 1.29 is 4.79 Å². The van der Waals surface area contributed by atoms with Crippen molar-refractivity contribution in [3.05, 3.63) is 22.4 Å². The van der Waals surface area contributed by atoms with Crippen LogP contribution in [-0.2, 0) is 11.3 Å². The molecule has 0 bridgehead atoms. The van der Waals surface area contributed by atoms with E-state index in [1.54, 1.807) is 11.3 Å². The summed E-state index contributed by atoms with van der Waals surface area (Å²) >= 11 is 1.68. The molecule has 0 aliphatic carbocycles. The van der Waals surface area contributed by atoms with Crippen molar-refractivity contribution in [1.82, 2.24) is 15.5 Å². The zero-order chi connectivity index (χ0) is 12.8. The molecule has 1 saturated heterocycles. The maximum Gasteiger partial charge on any atom is 0.234 e. The highest BCUT2D eigenvalue weighted by Gasteiger charge is 2.19. The van der Waals surface area contributed by atoms with Crippen LogP contribution >= 0.6 is 11.3 Å². The number of hydrogen-bond donors (Lipinski definition) is 2. The predicted molar refractivity (Wildman–Crippen MR) is 74.7 cm³/mol. The molecule has 1 aliphatic heterocycles. The topological polar surface area (TPSA) is 44.4 Å². The quantitative estimate of drug-likeness (QED) is 0.838. The minimum atomic E-state index is 0.115. The first-order chi connectivity index (χ1) is 8.75. The Labute approximate surface area is 112 Å². The number of nitrogens with zero attached hydrogens (tertiary/aromatic N) is 1. The van der Waals surface area contributed by atoms with E-state index in [1.807, 2.05) is 24.6 Å². The molecular weight excluding hydrogens is 246 g/mol. The zero-order valence-electron chi connectivity index (χ0n) is 10.8. The lowest BCUT2D eigenvalue weighted by atomic mass is 10.1. The van der Waals surface area contributed by atoms with Gasteiger partial charge in [0, 0.05) is 10.9 Å². The second-order valence-corrected chi connectivity index (χ2v) is 5.78. The maximum absolute atomic E-state index is 11.8. The first-order valence-corrected chi connectivity index (χ1v) is 7.33. The monoisotopic (exact) mass is 267 g/mol. The average Bonchev–Trinajstić information content (AvgIpc) is 2.90. The highest BCUT2D eigenvalue weighted by molar-refractivity contribution is 7.09.